The Morgan fingerprint density at radius 2 is 1.93 bits per heavy atom. The summed E-state index contributed by atoms with van der Waals surface area (Å²) in [5.41, 5.74) is 6.47. The highest BCUT2D eigenvalue weighted by Crippen LogP contribution is 2.25. The molecule has 0 saturated heterocycles. The van der Waals surface area contributed by atoms with E-state index >= 15 is 0 Å². The van der Waals surface area contributed by atoms with Crippen LogP contribution in [0.25, 0.3) is 0 Å². The lowest BCUT2D eigenvalue weighted by Crippen LogP contribution is -2.18. The highest BCUT2D eigenvalue weighted by atomic mass is 35.5. The molecular weight excluding hydrogens is 419 g/mol. The maximum absolute atomic E-state index is 12.8. The number of nitrogens with one attached hydrogen (secondary N) is 1. The fraction of sp³-hybridized carbons (Fsp3) is 0.105. The Kier molecular flexibility index (Phi) is 6.61. The fourth-order valence-electron chi connectivity index (χ4n) is 2.49. The number of carbonyl (C=O) groups is 2. The zero-order valence-corrected chi connectivity index (χ0v) is 16.9. The molecule has 0 bridgehead atoms. The van der Waals surface area contributed by atoms with Crippen LogP contribution in [0.3, 0.4) is 0 Å². The largest absolute Gasteiger partial charge is 0.369 e. The van der Waals surface area contributed by atoms with Crippen LogP contribution in [0.4, 0.5) is 5.82 Å². The highest BCUT2D eigenvalue weighted by molar-refractivity contribution is 8.00. The highest BCUT2D eigenvalue weighted by Gasteiger charge is 2.15. The van der Waals surface area contributed by atoms with Crippen LogP contribution < -0.4 is 11.1 Å². The Labute approximate surface area is 176 Å². The smallest absolute Gasteiger partial charge is 0.257 e. The number of thioether (sulfide) groups is 1. The molecule has 144 valence electrons. The molecule has 0 spiro atoms. The van der Waals surface area contributed by atoms with E-state index in [2.05, 4.69) is 10.4 Å². The van der Waals surface area contributed by atoms with Gasteiger partial charge < -0.3 is 11.1 Å². The predicted molar refractivity (Wildman–Crippen MR) is 112 cm³/mol. The summed E-state index contributed by atoms with van der Waals surface area (Å²) in [6.45, 7) is 0.372. The number of hydrogen-bond acceptors (Lipinski definition) is 4. The number of halogens is 2. The summed E-state index contributed by atoms with van der Waals surface area (Å²) in [5.74, 6) is -0.141. The molecule has 0 aliphatic heterocycles. The van der Waals surface area contributed by atoms with Gasteiger partial charge in [-0.25, -0.2) is 4.68 Å². The number of hydrogen-bond donors (Lipinski definition) is 2. The third-order valence-electron chi connectivity index (χ3n) is 3.79. The van der Waals surface area contributed by atoms with Gasteiger partial charge in [-0.3, -0.25) is 9.59 Å². The second kappa shape index (κ2) is 9.14. The fourth-order valence-corrected chi connectivity index (χ4v) is 3.75. The molecule has 28 heavy (non-hydrogen) atoms. The molecule has 0 unspecified atom stereocenters. The number of benzene rings is 2. The van der Waals surface area contributed by atoms with Crippen molar-refractivity contribution in [1.29, 1.82) is 0 Å². The lowest BCUT2D eigenvalue weighted by atomic mass is 10.2. The van der Waals surface area contributed by atoms with Gasteiger partial charge in [0.1, 0.15) is 5.82 Å². The maximum atomic E-state index is 12.8. The van der Waals surface area contributed by atoms with Crippen molar-refractivity contribution in [3.63, 3.8) is 0 Å². The van der Waals surface area contributed by atoms with Crippen molar-refractivity contribution in [2.24, 2.45) is 5.73 Å². The van der Waals surface area contributed by atoms with Crippen molar-refractivity contribution < 1.29 is 9.59 Å². The Morgan fingerprint density at radius 1 is 1.14 bits per heavy atom. The van der Waals surface area contributed by atoms with Gasteiger partial charge in [-0.1, -0.05) is 41.4 Å². The van der Waals surface area contributed by atoms with Crippen LogP contribution in [-0.4, -0.2) is 27.3 Å². The van der Waals surface area contributed by atoms with Crippen molar-refractivity contribution in [3.8, 4) is 0 Å². The molecule has 1 heterocycles. The van der Waals surface area contributed by atoms with Crippen LogP contribution in [0.2, 0.25) is 10.0 Å². The molecule has 0 fully saturated rings. The summed E-state index contributed by atoms with van der Waals surface area (Å²) in [6, 6.07) is 13.9. The summed E-state index contributed by atoms with van der Waals surface area (Å²) in [6.07, 6.45) is 1.59. The van der Waals surface area contributed by atoms with E-state index < -0.39 is 5.91 Å². The molecule has 2 aromatic carbocycles. The number of nitrogens with zero attached hydrogens (tertiary/aromatic N) is 2. The molecule has 3 rings (SSSR count). The zero-order valence-electron chi connectivity index (χ0n) is 14.6. The lowest BCUT2D eigenvalue weighted by Gasteiger charge is -2.12. The minimum Gasteiger partial charge on any atom is -0.369 e. The van der Waals surface area contributed by atoms with E-state index in [1.165, 1.54) is 11.8 Å². The lowest BCUT2D eigenvalue weighted by molar-refractivity contribution is -0.115. The summed E-state index contributed by atoms with van der Waals surface area (Å²) in [7, 11) is 0. The van der Waals surface area contributed by atoms with Crippen molar-refractivity contribution in [1.82, 2.24) is 9.78 Å². The number of rotatable bonds is 7. The monoisotopic (exact) mass is 434 g/mol. The van der Waals surface area contributed by atoms with Gasteiger partial charge in [0.25, 0.3) is 5.91 Å². The minimum absolute atomic E-state index is 0.0945. The Bertz CT molecular complexity index is 1020. The molecule has 0 aliphatic rings. The van der Waals surface area contributed by atoms with Crippen molar-refractivity contribution in [2.45, 2.75) is 11.4 Å². The third kappa shape index (κ3) is 5.07. The Morgan fingerprint density at radius 3 is 2.68 bits per heavy atom. The molecule has 0 radical (unpaired) electrons. The number of anilines is 1. The van der Waals surface area contributed by atoms with E-state index in [4.69, 9.17) is 28.9 Å². The molecule has 0 atom stereocenters. The van der Waals surface area contributed by atoms with Crippen molar-refractivity contribution >= 4 is 52.6 Å². The van der Waals surface area contributed by atoms with Crippen LogP contribution >= 0.6 is 35.0 Å². The second-order valence-corrected chi connectivity index (χ2v) is 7.68. The first-order chi connectivity index (χ1) is 13.4. The number of amides is 2. The van der Waals surface area contributed by atoms with Gasteiger partial charge in [-0.05, 0) is 29.8 Å². The van der Waals surface area contributed by atoms with E-state index in [1.54, 1.807) is 53.3 Å². The molecule has 0 aliphatic carbocycles. The van der Waals surface area contributed by atoms with E-state index in [0.29, 0.717) is 32.9 Å². The molecule has 0 saturated carbocycles. The van der Waals surface area contributed by atoms with Gasteiger partial charge in [0.2, 0.25) is 5.91 Å². The van der Waals surface area contributed by atoms with E-state index in [1.807, 2.05) is 6.07 Å². The average molecular weight is 435 g/mol. The number of primary amides is 1. The molecule has 3 N–H and O–H groups in total. The normalized spacial score (nSPS) is 10.6. The van der Waals surface area contributed by atoms with Gasteiger partial charge in [0.05, 0.1) is 24.1 Å². The Hall–Kier alpha value is -2.48. The molecule has 3 aromatic rings. The van der Waals surface area contributed by atoms with Crippen molar-refractivity contribution in [3.05, 3.63) is 75.9 Å². The maximum Gasteiger partial charge on any atom is 0.257 e. The van der Waals surface area contributed by atoms with Crippen LogP contribution in [-0.2, 0) is 11.3 Å². The summed E-state index contributed by atoms with van der Waals surface area (Å²) < 4.78 is 1.63. The third-order valence-corrected chi connectivity index (χ3v) is 5.48. The van der Waals surface area contributed by atoms with Gasteiger partial charge in [0, 0.05) is 21.0 Å². The topological polar surface area (TPSA) is 90.0 Å². The van der Waals surface area contributed by atoms with Crippen LogP contribution in [0.5, 0.6) is 0 Å². The quantitative estimate of drug-likeness (QED) is 0.548. The summed E-state index contributed by atoms with van der Waals surface area (Å²) in [4.78, 5) is 24.5. The standard InChI is InChI=1S/C19H16Cl2N4O2S/c20-13-6-5-12(15(21)9-13)10-25-18(7-8-23-25)24-19(27)14-3-1-2-4-16(14)28-11-17(22)26/h1-9H,10-11H2,(H2,22,26)(H,24,27). The number of aromatic nitrogens is 2. The molecule has 2 amide bonds. The minimum atomic E-state index is -0.446. The van der Waals surface area contributed by atoms with E-state index in [9.17, 15) is 9.59 Å². The SMILES string of the molecule is NC(=O)CSc1ccccc1C(=O)Nc1ccnn1Cc1ccc(Cl)cc1Cl. The first-order valence-electron chi connectivity index (χ1n) is 8.21. The number of carbonyl (C=O) groups excluding carboxylic acids is 2. The summed E-state index contributed by atoms with van der Waals surface area (Å²) in [5, 5.41) is 8.17. The van der Waals surface area contributed by atoms with Crippen LogP contribution in [0.15, 0.2) is 59.6 Å². The van der Waals surface area contributed by atoms with E-state index in [-0.39, 0.29) is 11.7 Å². The number of nitrogens with two attached hydrogens (primary N) is 1. The Balaban J connectivity index is 1.77. The van der Waals surface area contributed by atoms with Gasteiger partial charge >= 0.3 is 0 Å². The van der Waals surface area contributed by atoms with Gasteiger partial charge in [-0.2, -0.15) is 5.10 Å². The van der Waals surface area contributed by atoms with Gasteiger partial charge in [0.15, 0.2) is 0 Å². The van der Waals surface area contributed by atoms with Gasteiger partial charge in [-0.15, -0.1) is 11.8 Å². The molecular formula is C19H16Cl2N4O2S. The molecule has 6 nitrogen and oxygen atoms in total. The first-order valence-corrected chi connectivity index (χ1v) is 9.95. The first kappa shape index (κ1) is 20.3. The van der Waals surface area contributed by atoms with E-state index in [0.717, 1.165) is 5.56 Å². The van der Waals surface area contributed by atoms with Crippen LogP contribution in [0.1, 0.15) is 15.9 Å². The predicted octanol–water partition coefficient (Wildman–Crippen LogP) is 4.07. The molecule has 9 heteroatoms. The zero-order chi connectivity index (χ0) is 20.1. The molecule has 1 aromatic heterocycles. The second-order valence-electron chi connectivity index (χ2n) is 5.82. The van der Waals surface area contributed by atoms with Crippen LogP contribution in [0, 0.1) is 0 Å². The van der Waals surface area contributed by atoms with Crippen molar-refractivity contribution in [2.75, 3.05) is 11.1 Å². The summed E-state index contributed by atoms with van der Waals surface area (Å²) >= 11 is 13.4. The average Bonchev–Trinajstić information content (AvgIpc) is 3.09.